The Hall–Kier alpha value is -2.91. The lowest BCUT2D eigenvalue weighted by Crippen LogP contribution is -2.33. The molecule has 1 N–H and O–H groups in total. The highest BCUT2D eigenvalue weighted by Crippen LogP contribution is 2.42. The van der Waals surface area contributed by atoms with E-state index in [1.807, 2.05) is 60.9 Å². The summed E-state index contributed by atoms with van der Waals surface area (Å²) in [6.07, 6.45) is 6.94. The second-order valence-electron chi connectivity index (χ2n) is 9.81. The Balaban J connectivity index is 0.00000370. The van der Waals surface area contributed by atoms with Gasteiger partial charge in [0.2, 0.25) is 0 Å². The summed E-state index contributed by atoms with van der Waals surface area (Å²) >= 11 is 1.39. The van der Waals surface area contributed by atoms with Gasteiger partial charge in [0, 0.05) is 28.6 Å². The number of phenols is 1. The first-order valence-corrected chi connectivity index (χ1v) is 16.2. The maximum absolute atomic E-state index is 12.3. The van der Waals surface area contributed by atoms with Crippen molar-refractivity contribution in [1.82, 2.24) is 4.90 Å². The molecule has 0 bridgehead atoms. The number of phenolic OH excluding ortho intramolecular Hbond substituents is 1. The van der Waals surface area contributed by atoms with E-state index in [1.165, 1.54) is 37.3 Å². The van der Waals surface area contributed by atoms with E-state index < -0.39 is 9.84 Å². The number of hydrogen-bond donors (Lipinski definition) is 1. The van der Waals surface area contributed by atoms with Crippen LogP contribution >= 0.6 is 24.2 Å². The number of nitrogens with zero attached hydrogens (tertiary/aromatic N) is 1. The molecule has 9 heteroatoms. The van der Waals surface area contributed by atoms with Gasteiger partial charge < -0.3 is 14.6 Å². The SMILES string of the molecule is CSc1cc(-c2ccc3cc(O)ccc3c2Oc2ccc(OCCN3CCCCC3)cc2)ccc1S(C)(=O)=O.Cl. The Labute approximate surface area is 246 Å². The van der Waals surface area contributed by atoms with Crippen molar-refractivity contribution in [3.05, 3.63) is 72.8 Å². The molecule has 212 valence electrons. The van der Waals surface area contributed by atoms with Crippen molar-refractivity contribution < 1.29 is 23.0 Å². The molecule has 1 aliphatic heterocycles. The average molecular weight is 600 g/mol. The van der Waals surface area contributed by atoms with Crippen LogP contribution in [0.15, 0.2) is 82.6 Å². The van der Waals surface area contributed by atoms with Gasteiger partial charge in [-0.15, -0.1) is 24.2 Å². The Kier molecular flexibility index (Phi) is 9.90. The molecule has 0 amide bonds. The molecule has 0 aromatic heterocycles. The summed E-state index contributed by atoms with van der Waals surface area (Å²) in [5, 5.41) is 11.7. The number of hydrogen-bond acceptors (Lipinski definition) is 7. The van der Waals surface area contributed by atoms with Crippen LogP contribution in [0.5, 0.6) is 23.0 Å². The third-order valence-electron chi connectivity index (χ3n) is 7.00. The minimum atomic E-state index is -3.35. The Bertz CT molecular complexity index is 1570. The number of rotatable bonds is 9. The molecule has 5 rings (SSSR count). The molecular weight excluding hydrogens is 566 g/mol. The predicted molar refractivity (Wildman–Crippen MR) is 165 cm³/mol. The quantitative estimate of drug-likeness (QED) is 0.201. The van der Waals surface area contributed by atoms with Gasteiger partial charge in [0.15, 0.2) is 9.84 Å². The molecule has 0 radical (unpaired) electrons. The number of piperidine rings is 1. The molecule has 0 saturated carbocycles. The molecule has 1 heterocycles. The van der Waals surface area contributed by atoms with Crippen molar-refractivity contribution in [2.24, 2.45) is 0 Å². The van der Waals surface area contributed by atoms with Crippen LogP contribution in [0.4, 0.5) is 0 Å². The number of benzene rings is 4. The van der Waals surface area contributed by atoms with E-state index in [0.717, 1.165) is 47.3 Å². The maximum atomic E-state index is 12.3. The number of ether oxygens (including phenoxy) is 2. The molecule has 0 spiro atoms. The zero-order valence-corrected chi connectivity index (χ0v) is 25.1. The predicted octanol–water partition coefficient (Wildman–Crippen LogP) is 7.42. The lowest BCUT2D eigenvalue weighted by molar-refractivity contribution is 0.183. The van der Waals surface area contributed by atoms with Crippen LogP contribution in [0.1, 0.15) is 19.3 Å². The van der Waals surface area contributed by atoms with Gasteiger partial charge >= 0.3 is 0 Å². The molecule has 1 aliphatic rings. The number of halogens is 1. The van der Waals surface area contributed by atoms with Crippen LogP contribution in [0.2, 0.25) is 0 Å². The molecule has 1 saturated heterocycles. The van der Waals surface area contributed by atoms with Crippen LogP contribution in [0.3, 0.4) is 0 Å². The average Bonchev–Trinajstić information content (AvgIpc) is 2.93. The van der Waals surface area contributed by atoms with Crippen molar-refractivity contribution in [1.29, 1.82) is 0 Å². The van der Waals surface area contributed by atoms with Crippen LogP contribution in [0, 0.1) is 0 Å². The summed E-state index contributed by atoms with van der Waals surface area (Å²) in [5.74, 6) is 2.25. The highest BCUT2D eigenvalue weighted by atomic mass is 35.5. The van der Waals surface area contributed by atoms with Crippen LogP contribution < -0.4 is 9.47 Å². The highest BCUT2D eigenvalue weighted by Gasteiger charge is 2.18. The lowest BCUT2D eigenvalue weighted by atomic mass is 9.99. The van der Waals surface area contributed by atoms with Crippen molar-refractivity contribution in [3.63, 3.8) is 0 Å². The van der Waals surface area contributed by atoms with Gasteiger partial charge in [0.1, 0.15) is 29.6 Å². The number of fused-ring (bicyclic) bond motifs is 1. The largest absolute Gasteiger partial charge is 0.508 e. The van der Waals surface area contributed by atoms with Gasteiger partial charge in [0.05, 0.1) is 4.90 Å². The molecule has 0 unspecified atom stereocenters. The third-order valence-corrected chi connectivity index (χ3v) is 9.06. The van der Waals surface area contributed by atoms with Crippen LogP contribution in [0.25, 0.3) is 21.9 Å². The first-order valence-electron chi connectivity index (χ1n) is 13.1. The number of likely N-dealkylation sites (tertiary alicyclic amines) is 1. The van der Waals surface area contributed by atoms with Crippen molar-refractivity contribution >= 4 is 44.8 Å². The van der Waals surface area contributed by atoms with E-state index in [2.05, 4.69) is 4.90 Å². The fourth-order valence-corrected chi connectivity index (χ4v) is 6.92. The number of thioether (sulfide) groups is 1. The van der Waals surface area contributed by atoms with Crippen LogP contribution in [-0.2, 0) is 9.84 Å². The fourth-order valence-electron chi connectivity index (χ4n) is 4.96. The Morgan fingerprint density at radius 3 is 2.33 bits per heavy atom. The van der Waals surface area contributed by atoms with Crippen molar-refractivity contribution in [2.45, 2.75) is 29.1 Å². The van der Waals surface area contributed by atoms with Crippen molar-refractivity contribution in [3.8, 4) is 34.1 Å². The second kappa shape index (κ2) is 13.2. The van der Waals surface area contributed by atoms with E-state index in [-0.39, 0.29) is 18.2 Å². The zero-order chi connectivity index (χ0) is 27.4. The summed E-state index contributed by atoms with van der Waals surface area (Å²) in [5.41, 5.74) is 1.67. The van der Waals surface area contributed by atoms with Gasteiger partial charge in [-0.1, -0.05) is 18.6 Å². The smallest absolute Gasteiger partial charge is 0.176 e. The Morgan fingerprint density at radius 2 is 1.62 bits per heavy atom. The van der Waals surface area contributed by atoms with E-state index in [0.29, 0.717) is 27.9 Å². The minimum absolute atomic E-state index is 0. The summed E-state index contributed by atoms with van der Waals surface area (Å²) in [6.45, 7) is 3.88. The molecule has 0 atom stereocenters. The standard InChI is InChI=1S/C31H33NO5S2.ClH/c1-38-29-21-23(7-15-30(29)39(2,34)35)27-13-6-22-20-24(33)8-14-28(22)31(27)37-26-11-9-25(10-12-26)36-19-18-32-16-4-3-5-17-32;/h6-15,20-21,33H,3-5,16-19H2,1-2H3;1H. The highest BCUT2D eigenvalue weighted by molar-refractivity contribution is 7.99. The minimum Gasteiger partial charge on any atom is -0.508 e. The topological polar surface area (TPSA) is 76.1 Å². The normalized spacial score (nSPS) is 14.1. The Morgan fingerprint density at radius 1 is 0.900 bits per heavy atom. The van der Waals surface area contributed by atoms with E-state index >= 15 is 0 Å². The van der Waals surface area contributed by atoms with E-state index in [1.54, 1.807) is 18.2 Å². The summed E-state index contributed by atoms with van der Waals surface area (Å²) in [6, 6.07) is 22.0. The molecule has 1 fully saturated rings. The molecular formula is C31H34ClNO5S2. The van der Waals surface area contributed by atoms with Crippen molar-refractivity contribution in [2.75, 3.05) is 38.8 Å². The molecule has 4 aromatic rings. The number of aromatic hydroxyl groups is 1. The molecule has 4 aromatic carbocycles. The van der Waals surface area contributed by atoms with E-state index in [4.69, 9.17) is 9.47 Å². The zero-order valence-electron chi connectivity index (χ0n) is 22.6. The van der Waals surface area contributed by atoms with Gasteiger partial charge in [-0.3, -0.25) is 4.90 Å². The monoisotopic (exact) mass is 599 g/mol. The number of sulfone groups is 1. The van der Waals surface area contributed by atoms with E-state index in [9.17, 15) is 13.5 Å². The molecule has 0 aliphatic carbocycles. The first kappa shape index (κ1) is 30.1. The summed E-state index contributed by atoms with van der Waals surface area (Å²) in [7, 11) is -3.35. The summed E-state index contributed by atoms with van der Waals surface area (Å²) < 4.78 is 37.0. The van der Waals surface area contributed by atoms with Gasteiger partial charge in [-0.25, -0.2) is 8.42 Å². The summed E-state index contributed by atoms with van der Waals surface area (Å²) in [4.78, 5) is 3.44. The fraction of sp³-hybridized carbons (Fsp3) is 0.290. The van der Waals surface area contributed by atoms with Gasteiger partial charge in [-0.05, 0) is 104 Å². The molecule has 40 heavy (non-hydrogen) atoms. The molecule has 6 nitrogen and oxygen atoms in total. The van der Waals surface area contributed by atoms with Gasteiger partial charge in [-0.2, -0.15) is 0 Å². The first-order chi connectivity index (χ1) is 18.8. The lowest BCUT2D eigenvalue weighted by Gasteiger charge is -2.26. The maximum Gasteiger partial charge on any atom is 0.176 e. The van der Waals surface area contributed by atoms with Gasteiger partial charge in [0.25, 0.3) is 0 Å². The second-order valence-corrected chi connectivity index (χ2v) is 12.6. The van der Waals surface area contributed by atoms with Crippen LogP contribution in [-0.4, -0.2) is 57.2 Å². The third kappa shape index (κ3) is 7.04.